The summed E-state index contributed by atoms with van der Waals surface area (Å²) in [6.45, 7) is 4.36. The third kappa shape index (κ3) is 2.79. The number of ether oxygens (including phenoxy) is 1. The summed E-state index contributed by atoms with van der Waals surface area (Å²) in [5, 5.41) is 4.42. The van der Waals surface area contributed by atoms with Gasteiger partial charge in [0, 0.05) is 24.6 Å². The number of aryl methyl sites for hydroxylation is 2. The van der Waals surface area contributed by atoms with Crippen LogP contribution in [0, 0.1) is 5.92 Å². The highest BCUT2D eigenvalue weighted by Crippen LogP contribution is 2.28. The van der Waals surface area contributed by atoms with Crippen LogP contribution in [0.4, 0.5) is 0 Å². The Morgan fingerprint density at radius 3 is 2.83 bits per heavy atom. The van der Waals surface area contributed by atoms with E-state index < -0.39 is 0 Å². The lowest BCUT2D eigenvalue weighted by Crippen LogP contribution is -2.58. The molecule has 4 rings (SSSR count). The number of carbonyl (C=O) groups is 1. The van der Waals surface area contributed by atoms with Gasteiger partial charge in [0.2, 0.25) is 5.91 Å². The number of hydrogen-bond acceptors (Lipinski definition) is 3. The molecular formula is C19H23N3O2. The first kappa shape index (κ1) is 15.2. The molecule has 24 heavy (non-hydrogen) atoms. The average molecular weight is 325 g/mol. The second kappa shape index (κ2) is 6.30. The molecule has 0 spiro atoms. The summed E-state index contributed by atoms with van der Waals surface area (Å²) in [4.78, 5) is 14.7. The maximum absolute atomic E-state index is 12.8. The van der Waals surface area contributed by atoms with E-state index in [1.54, 1.807) is 0 Å². The monoisotopic (exact) mass is 325 g/mol. The minimum Gasteiger partial charge on any atom is -0.487 e. The average Bonchev–Trinajstić information content (AvgIpc) is 3.00. The first-order chi connectivity index (χ1) is 11.7. The minimum absolute atomic E-state index is 0.0946. The van der Waals surface area contributed by atoms with Crippen molar-refractivity contribution in [3.8, 4) is 5.75 Å². The Morgan fingerprint density at radius 2 is 2.08 bits per heavy atom. The third-order valence-corrected chi connectivity index (χ3v) is 5.09. The molecule has 5 nitrogen and oxygen atoms in total. The van der Waals surface area contributed by atoms with Gasteiger partial charge in [-0.25, -0.2) is 0 Å². The molecule has 0 bridgehead atoms. The molecule has 126 valence electrons. The summed E-state index contributed by atoms with van der Waals surface area (Å²) >= 11 is 0. The van der Waals surface area contributed by atoms with Crippen LogP contribution in [0.5, 0.6) is 5.75 Å². The first-order valence-electron chi connectivity index (χ1n) is 8.78. The maximum Gasteiger partial charge on any atom is 0.226 e. The molecule has 0 saturated carbocycles. The Bertz CT molecular complexity index is 706. The molecule has 1 unspecified atom stereocenters. The Kier molecular flexibility index (Phi) is 4.00. The number of rotatable bonds is 4. The van der Waals surface area contributed by atoms with Crippen LogP contribution in [0.15, 0.2) is 36.5 Å². The fourth-order valence-corrected chi connectivity index (χ4v) is 3.69. The van der Waals surface area contributed by atoms with Crippen molar-refractivity contribution in [2.75, 3.05) is 13.1 Å². The van der Waals surface area contributed by atoms with Gasteiger partial charge in [0.25, 0.3) is 0 Å². The number of amides is 1. The van der Waals surface area contributed by atoms with Crippen molar-refractivity contribution in [2.45, 2.75) is 38.8 Å². The number of benzene rings is 1. The van der Waals surface area contributed by atoms with Crippen molar-refractivity contribution >= 4 is 5.91 Å². The molecule has 1 aliphatic heterocycles. The van der Waals surface area contributed by atoms with E-state index >= 15 is 0 Å². The van der Waals surface area contributed by atoms with Crippen LogP contribution in [0.2, 0.25) is 0 Å². The Labute approximate surface area is 142 Å². The summed E-state index contributed by atoms with van der Waals surface area (Å²) in [6.07, 6.45) is 4.80. The third-order valence-electron chi connectivity index (χ3n) is 5.09. The molecule has 2 aromatic rings. The molecular weight excluding hydrogens is 302 g/mol. The number of aromatic nitrogens is 2. The van der Waals surface area contributed by atoms with E-state index in [1.807, 2.05) is 46.1 Å². The van der Waals surface area contributed by atoms with Crippen molar-refractivity contribution in [1.82, 2.24) is 14.7 Å². The van der Waals surface area contributed by atoms with Crippen LogP contribution in [0.3, 0.4) is 0 Å². The van der Waals surface area contributed by atoms with E-state index in [-0.39, 0.29) is 17.9 Å². The summed E-state index contributed by atoms with van der Waals surface area (Å²) in [6, 6.07) is 9.82. The lowest BCUT2D eigenvalue weighted by Gasteiger charge is -2.41. The van der Waals surface area contributed by atoms with Crippen LogP contribution < -0.4 is 4.74 Å². The Hall–Kier alpha value is -2.30. The zero-order chi connectivity index (χ0) is 16.5. The lowest BCUT2D eigenvalue weighted by molar-refractivity contribution is -0.144. The normalized spacial score (nSPS) is 20.4. The number of para-hydroxylation sites is 1. The molecule has 2 heterocycles. The number of nitrogens with zero attached hydrogens (tertiary/aromatic N) is 3. The maximum atomic E-state index is 12.8. The first-order valence-corrected chi connectivity index (χ1v) is 8.78. The Balaban J connectivity index is 1.33. The second-order valence-electron chi connectivity index (χ2n) is 6.67. The molecule has 2 aliphatic rings. The van der Waals surface area contributed by atoms with Gasteiger partial charge in [-0.3, -0.25) is 9.48 Å². The van der Waals surface area contributed by atoms with Gasteiger partial charge in [-0.1, -0.05) is 18.2 Å². The summed E-state index contributed by atoms with van der Waals surface area (Å²) in [7, 11) is 0. The van der Waals surface area contributed by atoms with Gasteiger partial charge in [0.15, 0.2) is 0 Å². The van der Waals surface area contributed by atoms with Crippen molar-refractivity contribution < 1.29 is 9.53 Å². The molecule has 1 fully saturated rings. The van der Waals surface area contributed by atoms with Gasteiger partial charge in [0.1, 0.15) is 11.9 Å². The summed E-state index contributed by atoms with van der Waals surface area (Å²) < 4.78 is 7.92. The van der Waals surface area contributed by atoms with Crippen molar-refractivity contribution in [2.24, 2.45) is 5.92 Å². The zero-order valence-corrected chi connectivity index (χ0v) is 14.0. The molecule has 1 amide bonds. The van der Waals surface area contributed by atoms with Crippen LogP contribution in [0.1, 0.15) is 24.6 Å². The fourth-order valence-electron chi connectivity index (χ4n) is 3.69. The quantitative estimate of drug-likeness (QED) is 0.866. The number of carbonyl (C=O) groups excluding carboxylic acids is 1. The lowest BCUT2D eigenvalue weighted by atomic mass is 9.86. The topological polar surface area (TPSA) is 47.4 Å². The van der Waals surface area contributed by atoms with E-state index in [0.29, 0.717) is 13.1 Å². The van der Waals surface area contributed by atoms with Gasteiger partial charge >= 0.3 is 0 Å². The largest absolute Gasteiger partial charge is 0.487 e. The van der Waals surface area contributed by atoms with Crippen LogP contribution >= 0.6 is 0 Å². The smallest absolute Gasteiger partial charge is 0.226 e. The highest BCUT2D eigenvalue weighted by atomic mass is 16.5. The van der Waals surface area contributed by atoms with Crippen molar-refractivity contribution in [3.63, 3.8) is 0 Å². The molecule has 1 aliphatic carbocycles. The predicted molar refractivity (Wildman–Crippen MR) is 90.9 cm³/mol. The molecule has 1 aromatic carbocycles. The van der Waals surface area contributed by atoms with Gasteiger partial charge in [0.05, 0.1) is 19.3 Å². The van der Waals surface area contributed by atoms with E-state index in [9.17, 15) is 4.79 Å². The zero-order valence-electron chi connectivity index (χ0n) is 14.0. The molecule has 1 aromatic heterocycles. The number of likely N-dealkylation sites (tertiary alicyclic amines) is 1. The highest BCUT2D eigenvalue weighted by Gasteiger charge is 2.37. The number of hydrogen-bond donors (Lipinski definition) is 0. The van der Waals surface area contributed by atoms with E-state index in [1.165, 1.54) is 11.3 Å². The molecule has 1 saturated heterocycles. The fraction of sp³-hybridized carbons (Fsp3) is 0.474. The van der Waals surface area contributed by atoms with Crippen molar-refractivity contribution in [1.29, 1.82) is 0 Å². The molecule has 0 N–H and O–H groups in total. The number of fused-ring (bicyclic) bond motifs is 1. The summed E-state index contributed by atoms with van der Waals surface area (Å²) in [5.41, 5.74) is 2.56. The summed E-state index contributed by atoms with van der Waals surface area (Å²) in [5.74, 6) is 1.25. The van der Waals surface area contributed by atoms with Gasteiger partial charge in [-0.05, 0) is 37.5 Å². The SMILES string of the molecule is CCn1ncc2c1CC(C(=O)N1CC(Oc3ccccc3)C1)CC2. The Morgan fingerprint density at radius 1 is 1.29 bits per heavy atom. The second-order valence-corrected chi connectivity index (χ2v) is 6.67. The van der Waals surface area contributed by atoms with Gasteiger partial charge in [-0.2, -0.15) is 5.10 Å². The van der Waals surface area contributed by atoms with Crippen LogP contribution in [-0.4, -0.2) is 39.8 Å². The van der Waals surface area contributed by atoms with E-state index in [2.05, 4.69) is 12.0 Å². The molecule has 1 atom stereocenters. The van der Waals surface area contributed by atoms with Crippen LogP contribution in [0.25, 0.3) is 0 Å². The van der Waals surface area contributed by atoms with E-state index in [4.69, 9.17) is 4.74 Å². The minimum atomic E-state index is 0.0946. The van der Waals surface area contributed by atoms with Crippen molar-refractivity contribution in [3.05, 3.63) is 47.8 Å². The molecule has 0 radical (unpaired) electrons. The van der Waals surface area contributed by atoms with Crippen LogP contribution in [-0.2, 0) is 24.2 Å². The molecule has 5 heteroatoms. The standard InChI is InChI=1S/C19H23N3O2/c1-2-22-18-10-14(8-9-15(18)11-20-22)19(23)21-12-17(13-21)24-16-6-4-3-5-7-16/h3-7,11,14,17H,2,8-10,12-13H2,1H3. The predicted octanol–water partition coefficient (Wildman–Crippen LogP) is 2.30. The highest BCUT2D eigenvalue weighted by molar-refractivity contribution is 5.80. The van der Waals surface area contributed by atoms with E-state index in [0.717, 1.165) is 31.6 Å². The van der Waals surface area contributed by atoms with Gasteiger partial charge < -0.3 is 9.64 Å². The van der Waals surface area contributed by atoms with Gasteiger partial charge in [-0.15, -0.1) is 0 Å².